The number of nitrogens with zero attached hydrogens (tertiary/aromatic N) is 1. The summed E-state index contributed by atoms with van der Waals surface area (Å²) in [5, 5.41) is 0.425. The van der Waals surface area contributed by atoms with Crippen LogP contribution in [-0.4, -0.2) is 24.3 Å². The highest BCUT2D eigenvalue weighted by Gasteiger charge is 2.37. The number of nitrogens with one attached hydrogen (secondary N) is 1. The highest BCUT2D eigenvalue weighted by atomic mass is 35.5. The van der Waals surface area contributed by atoms with E-state index in [0.717, 1.165) is 18.5 Å². The predicted octanol–water partition coefficient (Wildman–Crippen LogP) is 2.78. The SMILES string of the molecule is Nc1cc(Cl)ccc1S(=O)(=O)N1CCCC1c1ccc[nH]1. The van der Waals surface area contributed by atoms with Gasteiger partial charge in [-0.3, -0.25) is 0 Å². The molecule has 2 aromatic rings. The van der Waals surface area contributed by atoms with Crippen LogP contribution in [0.2, 0.25) is 5.02 Å². The Hall–Kier alpha value is -1.50. The van der Waals surface area contributed by atoms with Crippen LogP contribution in [0.3, 0.4) is 0 Å². The molecule has 21 heavy (non-hydrogen) atoms. The number of nitrogen functional groups attached to an aromatic ring is 1. The van der Waals surface area contributed by atoms with Crippen molar-refractivity contribution in [2.75, 3.05) is 12.3 Å². The van der Waals surface area contributed by atoms with E-state index in [0.29, 0.717) is 11.6 Å². The molecule has 1 aromatic heterocycles. The van der Waals surface area contributed by atoms with Crippen LogP contribution in [0, 0.1) is 0 Å². The van der Waals surface area contributed by atoms with Crippen LogP contribution in [0.1, 0.15) is 24.6 Å². The van der Waals surface area contributed by atoms with E-state index < -0.39 is 10.0 Å². The van der Waals surface area contributed by atoms with E-state index in [2.05, 4.69) is 4.98 Å². The number of hydrogen-bond donors (Lipinski definition) is 2. The van der Waals surface area contributed by atoms with Crippen molar-refractivity contribution in [1.29, 1.82) is 0 Å². The number of benzene rings is 1. The van der Waals surface area contributed by atoms with Crippen LogP contribution in [0.5, 0.6) is 0 Å². The van der Waals surface area contributed by atoms with Crippen molar-refractivity contribution in [3.63, 3.8) is 0 Å². The smallest absolute Gasteiger partial charge is 0.245 e. The number of aromatic amines is 1. The van der Waals surface area contributed by atoms with Crippen molar-refractivity contribution >= 4 is 27.3 Å². The number of anilines is 1. The highest BCUT2D eigenvalue weighted by molar-refractivity contribution is 7.89. The molecule has 1 aliphatic rings. The van der Waals surface area contributed by atoms with Gasteiger partial charge in [-0.25, -0.2) is 8.42 Å². The lowest BCUT2D eigenvalue weighted by atomic mass is 10.2. The van der Waals surface area contributed by atoms with Crippen molar-refractivity contribution in [3.8, 4) is 0 Å². The van der Waals surface area contributed by atoms with E-state index in [1.165, 1.54) is 16.4 Å². The third kappa shape index (κ3) is 2.54. The first-order valence-electron chi connectivity index (χ1n) is 6.70. The second kappa shape index (κ2) is 5.36. The Kier molecular flexibility index (Phi) is 3.69. The Bertz CT molecular complexity index is 744. The Morgan fingerprint density at radius 1 is 1.33 bits per heavy atom. The molecule has 1 saturated heterocycles. The van der Waals surface area contributed by atoms with E-state index in [4.69, 9.17) is 17.3 Å². The summed E-state index contributed by atoms with van der Waals surface area (Å²) in [5.74, 6) is 0. The summed E-state index contributed by atoms with van der Waals surface area (Å²) in [4.78, 5) is 3.21. The van der Waals surface area contributed by atoms with E-state index in [-0.39, 0.29) is 16.6 Å². The lowest BCUT2D eigenvalue weighted by molar-refractivity contribution is 0.392. The van der Waals surface area contributed by atoms with Crippen molar-refractivity contribution in [2.24, 2.45) is 0 Å². The van der Waals surface area contributed by atoms with Crippen LogP contribution in [-0.2, 0) is 10.0 Å². The fraction of sp³-hybridized carbons (Fsp3) is 0.286. The van der Waals surface area contributed by atoms with Gasteiger partial charge in [0.1, 0.15) is 4.90 Å². The lowest BCUT2D eigenvalue weighted by Gasteiger charge is -2.24. The maximum Gasteiger partial charge on any atom is 0.245 e. The standard InChI is InChI=1S/C14H16ClN3O2S/c15-10-5-6-14(11(16)9-10)21(19,20)18-8-2-4-13(18)12-3-1-7-17-12/h1,3,5-7,9,13,17H,2,4,8,16H2. The molecule has 0 bridgehead atoms. The molecule has 3 rings (SSSR count). The monoisotopic (exact) mass is 325 g/mol. The van der Waals surface area contributed by atoms with Gasteiger partial charge in [-0.05, 0) is 43.2 Å². The van der Waals surface area contributed by atoms with Gasteiger partial charge in [0, 0.05) is 23.5 Å². The Morgan fingerprint density at radius 2 is 2.14 bits per heavy atom. The second-order valence-electron chi connectivity index (χ2n) is 5.08. The van der Waals surface area contributed by atoms with E-state index in [1.807, 2.05) is 12.1 Å². The zero-order valence-electron chi connectivity index (χ0n) is 11.3. The molecule has 1 unspecified atom stereocenters. The summed E-state index contributed by atoms with van der Waals surface area (Å²) in [6, 6.07) is 8.09. The van der Waals surface area contributed by atoms with Crippen molar-refractivity contribution in [2.45, 2.75) is 23.8 Å². The fourth-order valence-electron chi connectivity index (χ4n) is 2.77. The minimum absolute atomic E-state index is 0.116. The minimum atomic E-state index is -3.63. The normalized spacial score (nSPS) is 20.0. The second-order valence-corrected chi connectivity index (χ2v) is 7.38. The summed E-state index contributed by atoms with van der Waals surface area (Å²) >= 11 is 5.84. The van der Waals surface area contributed by atoms with Crippen LogP contribution in [0.15, 0.2) is 41.4 Å². The summed E-state index contributed by atoms with van der Waals surface area (Å²) in [6.07, 6.45) is 3.43. The third-order valence-corrected chi connectivity index (χ3v) is 5.96. The maximum atomic E-state index is 12.9. The molecule has 1 atom stereocenters. The minimum Gasteiger partial charge on any atom is -0.398 e. The summed E-state index contributed by atoms with van der Waals surface area (Å²) < 4.78 is 27.2. The predicted molar refractivity (Wildman–Crippen MR) is 82.5 cm³/mol. The number of hydrogen-bond acceptors (Lipinski definition) is 3. The molecular weight excluding hydrogens is 310 g/mol. The van der Waals surface area contributed by atoms with Crippen molar-refractivity contribution in [3.05, 3.63) is 47.2 Å². The quantitative estimate of drug-likeness (QED) is 0.852. The largest absolute Gasteiger partial charge is 0.398 e. The number of H-pyrrole nitrogens is 1. The number of rotatable bonds is 3. The molecule has 0 radical (unpaired) electrons. The van der Waals surface area contributed by atoms with Gasteiger partial charge in [-0.15, -0.1) is 0 Å². The summed E-state index contributed by atoms with van der Waals surface area (Å²) in [6.45, 7) is 0.494. The van der Waals surface area contributed by atoms with Gasteiger partial charge in [0.25, 0.3) is 0 Å². The molecular formula is C14H16ClN3O2S. The first-order valence-corrected chi connectivity index (χ1v) is 8.52. The molecule has 7 heteroatoms. The molecule has 2 heterocycles. The zero-order valence-corrected chi connectivity index (χ0v) is 12.9. The fourth-order valence-corrected chi connectivity index (χ4v) is 4.72. The van der Waals surface area contributed by atoms with Crippen LogP contribution < -0.4 is 5.73 Å². The summed E-state index contributed by atoms with van der Waals surface area (Å²) in [5.41, 5.74) is 6.93. The Balaban J connectivity index is 2.01. The third-order valence-electron chi connectivity index (χ3n) is 3.74. The van der Waals surface area contributed by atoms with Gasteiger partial charge in [-0.1, -0.05) is 11.6 Å². The maximum absolute atomic E-state index is 12.9. The van der Waals surface area contributed by atoms with E-state index in [1.54, 1.807) is 12.3 Å². The molecule has 5 nitrogen and oxygen atoms in total. The summed E-state index contributed by atoms with van der Waals surface area (Å²) in [7, 11) is -3.63. The molecule has 0 saturated carbocycles. The van der Waals surface area contributed by atoms with Gasteiger partial charge in [0.15, 0.2) is 0 Å². The van der Waals surface area contributed by atoms with Gasteiger partial charge < -0.3 is 10.7 Å². The molecule has 3 N–H and O–H groups in total. The van der Waals surface area contributed by atoms with Crippen LogP contribution >= 0.6 is 11.6 Å². The molecule has 1 aliphatic heterocycles. The average Bonchev–Trinajstić information content (AvgIpc) is 3.09. The van der Waals surface area contributed by atoms with E-state index >= 15 is 0 Å². The molecule has 1 fully saturated rings. The van der Waals surface area contributed by atoms with Gasteiger partial charge in [0.2, 0.25) is 10.0 Å². The van der Waals surface area contributed by atoms with E-state index in [9.17, 15) is 8.42 Å². The van der Waals surface area contributed by atoms with Crippen LogP contribution in [0.25, 0.3) is 0 Å². The zero-order chi connectivity index (χ0) is 15.0. The van der Waals surface area contributed by atoms with Gasteiger partial charge in [0.05, 0.1) is 11.7 Å². The number of halogens is 1. The first kappa shape index (κ1) is 14.4. The molecule has 0 amide bonds. The molecule has 0 aliphatic carbocycles. The number of sulfonamides is 1. The Morgan fingerprint density at radius 3 is 2.81 bits per heavy atom. The Labute approximate surface area is 128 Å². The first-order chi connectivity index (χ1) is 10.00. The lowest BCUT2D eigenvalue weighted by Crippen LogP contribution is -2.31. The number of aromatic nitrogens is 1. The molecule has 1 aromatic carbocycles. The molecule has 112 valence electrons. The van der Waals surface area contributed by atoms with Crippen LogP contribution in [0.4, 0.5) is 5.69 Å². The topological polar surface area (TPSA) is 79.2 Å². The highest BCUT2D eigenvalue weighted by Crippen LogP contribution is 2.37. The van der Waals surface area contributed by atoms with Crippen molar-refractivity contribution in [1.82, 2.24) is 9.29 Å². The van der Waals surface area contributed by atoms with Crippen molar-refractivity contribution < 1.29 is 8.42 Å². The average molecular weight is 326 g/mol. The molecule has 0 spiro atoms. The van der Waals surface area contributed by atoms with Gasteiger partial charge >= 0.3 is 0 Å². The van der Waals surface area contributed by atoms with Gasteiger partial charge in [-0.2, -0.15) is 4.31 Å². The number of nitrogens with two attached hydrogens (primary N) is 1.